The summed E-state index contributed by atoms with van der Waals surface area (Å²) in [5.74, 6) is -2.34. The van der Waals surface area contributed by atoms with Crippen LogP contribution < -0.4 is 0 Å². The zero-order valence-electron chi connectivity index (χ0n) is 19.2. The number of rotatable bonds is 4. The van der Waals surface area contributed by atoms with E-state index in [0.717, 1.165) is 27.8 Å². The fourth-order valence-corrected chi connectivity index (χ4v) is 4.58. The summed E-state index contributed by atoms with van der Waals surface area (Å²) in [5.41, 5.74) is -0.158. The molecule has 4 aromatic rings. The smallest absolute Gasteiger partial charge is 0.416 e. The number of Topliss-reactive ketones (excluding diaryl/α,β-unsaturated/α-hetero) is 1. The molecule has 0 aliphatic carbocycles. The topological polar surface area (TPSA) is 77.8 Å². The van der Waals surface area contributed by atoms with Crippen molar-refractivity contribution in [3.8, 4) is 5.75 Å². The monoisotopic (exact) mass is 503 g/mol. The van der Waals surface area contributed by atoms with Gasteiger partial charge in [-0.1, -0.05) is 60.7 Å². The van der Waals surface area contributed by atoms with Crippen LogP contribution in [0.1, 0.15) is 28.3 Å². The minimum Gasteiger partial charge on any atom is -0.508 e. The maximum Gasteiger partial charge on any atom is 0.416 e. The van der Waals surface area contributed by atoms with Crippen molar-refractivity contribution in [2.75, 3.05) is 0 Å². The van der Waals surface area contributed by atoms with E-state index in [-0.39, 0.29) is 23.4 Å². The molecule has 1 fully saturated rings. The molecular formula is C29H20F3NO4. The minimum atomic E-state index is -4.57. The zero-order chi connectivity index (χ0) is 26.3. The Bertz CT molecular complexity index is 1560. The Morgan fingerprint density at radius 1 is 0.838 bits per heavy atom. The van der Waals surface area contributed by atoms with Crippen LogP contribution in [-0.4, -0.2) is 26.8 Å². The van der Waals surface area contributed by atoms with Gasteiger partial charge in [-0.05, 0) is 52.2 Å². The number of phenols is 1. The molecule has 1 heterocycles. The number of carbonyl (C=O) groups is 2. The predicted molar refractivity (Wildman–Crippen MR) is 131 cm³/mol. The summed E-state index contributed by atoms with van der Waals surface area (Å²) >= 11 is 0. The van der Waals surface area contributed by atoms with E-state index in [9.17, 15) is 33.0 Å². The first-order valence-corrected chi connectivity index (χ1v) is 11.4. The van der Waals surface area contributed by atoms with E-state index in [0.29, 0.717) is 11.1 Å². The molecule has 0 aromatic heterocycles. The number of carbonyl (C=O) groups excluding carboxylic acids is 2. The third-order valence-corrected chi connectivity index (χ3v) is 6.38. The van der Waals surface area contributed by atoms with Gasteiger partial charge in [0.05, 0.1) is 17.2 Å². The Labute approximate surface area is 209 Å². The number of halogens is 3. The fraction of sp³-hybridized carbons (Fsp3) is 0.103. The maximum atomic E-state index is 13.3. The number of phenolic OH excluding ortho intramolecular Hbond substituents is 1. The van der Waals surface area contributed by atoms with Gasteiger partial charge in [0.15, 0.2) is 0 Å². The highest BCUT2D eigenvalue weighted by atomic mass is 19.4. The number of aliphatic hydroxyl groups is 1. The van der Waals surface area contributed by atoms with Crippen LogP contribution in [0.15, 0.2) is 96.6 Å². The van der Waals surface area contributed by atoms with E-state index in [1.54, 1.807) is 18.2 Å². The molecule has 0 saturated carbocycles. The van der Waals surface area contributed by atoms with E-state index < -0.39 is 35.2 Å². The Hall–Kier alpha value is -4.59. The summed E-state index contributed by atoms with van der Waals surface area (Å²) in [7, 11) is 0. The van der Waals surface area contributed by atoms with Crippen LogP contribution in [0, 0.1) is 0 Å². The lowest BCUT2D eigenvalue weighted by atomic mass is 9.94. The molecule has 0 spiro atoms. The summed E-state index contributed by atoms with van der Waals surface area (Å²) in [6.45, 7) is -0.297. The molecule has 1 aliphatic rings. The van der Waals surface area contributed by atoms with Crippen LogP contribution in [-0.2, 0) is 22.3 Å². The van der Waals surface area contributed by atoms with Crippen LogP contribution in [0.5, 0.6) is 5.75 Å². The quantitative estimate of drug-likeness (QED) is 0.198. The Morgan fingerprint density at radius 3 is 2.24 bits per heavy atom. The molecule has 0 radical (unpaired) electrons. The lowest BCUT2D eigenvalue weighted by molar-refractivity contribution is -0.140. The zero-order valence-corrected chi connectivity index (χ0v) is 19.2. The van der Waals surface area contributed by atoms with Crippen molar-refractivity contribution in [1.82, 2.24) is 4.90 Å². The summed E-state index contributed by atoms with van der Waals surface area (Å²) in [6, 6.07) is 21.7. The first kappa shape index (κ1) is 24.1. The fourth-order valence-electron chi connectivity index (χ4n) is 4.58. The van der Waals surface area contributed by atoms with E-state index in [1.165, 1.54) is 36.4 Å². The standard InChI is InChI=1S/C29H20F3NO4/c30-29(31,32)22-7-3-4-17(14-22)16-33-25(19-10-12-23(34)13-11-19)24(27(36)28(33)37)26(35)21-9-8-18-5-1-2-6-20(18)15-21/h1-15,25,34-35H,16H2/b26-24-. The second kappa shape index (κ2) is 9.13. The molecule has 1 aliphatic heterocycles. The first-order valence-electron chi connectivity index (χ1n) is 11.4. The van der Waals surface area contributed by atoms with Gasteiger partial charge in [0.25, 0.3) is 11.7 Å². The number of likely N-dealkylation sites (tertiary alicyclic amines) is 1. The highest BCUT2D eigenvalue weighted by Crippen LogP contribution is 2.41. The lowest BCUT2D eigenvalue weighted by Gasteiger charge is -2.26. The highest BCUT2D eigenvalue weighted by molar-refractivity contribution is 6.46. The summed E-state index contributed by atoms with van der Waals surface area (Å²) in [5, 5.41) is 22.7. The second-order valence-electron chi connectivity index (χ2n) is 8.78. The van der Waals surface area contributed by atoms with Crippen molar-refractivity contribution >= 4 is 28.2 Å². The Kier molecular flexibility index (Phi) is 5.95. The SMILES string of the molecule is O=C1C(=O)N(Cc2cccc(C(F)(F)F)c2)C(c2ccc(O)cc2)/C1=C(/O)c1ccc2ccccc2c1. The third kappa shape index (κ3) is 4.53. The van der Waals surface area contributed by atoms with Gasteiger partial charge in [-0.15, -0.1) is 0 Å². The van der Waals surface area contributed by atoms with E-state index in [1.807, 2.05) is 24.3 Å². The molecule has 5 nitrogen and oxygen atoms in total. The number of hydrogen-bond donors (Lipinski definition) is 2. The number of alkyl halides is 3. The largest absolute Gasteiger partial charge is 0.508 e. The normalized spacial score (nSPS) is 17.5. The van der Waals surface area contributed by atoms with Crippen LogP contribution >= 0.6 is 0 Å². The summed E-state index contributed by atoms with van der Waals surface area (Å²) < 4.78 is 39.8. The average molecular weight is 503 g/mol. The van der Waals surface area contributed by atoms with Crippen molar-refractivity contribution in [3.05, 3.63) is 119 Å². The molecule has 186 valence electrons. The van der Waals surface area contributed by atoms with Crippen molar-refractivity contribution in [2.45, 2.75) is 18.8 Å². The molecule has 4 aromatic carbocycles. The summed E-state index contributed by atoms with van der Waals surface area (Å²) in [4.78, 5) is 27.5. The van der Waals surface area contributed by atoms with Crippen LogP contribution in [0.3, 0.4) is 0 Å². The number of aromatic hydroxyl groups is 1. The molecule has 2 N–H and O–H groups in total. The van der Waals surface area contributed by atoms with Gasteiger partial charge in [0.1, 0.15) is 11.5 Å². The van der Waals surface area contributed by atoms with Crippen molar-refractivity contribution in [1.29, 1.82) is 0 Å². The van der Waals surface area contributed by atoms with Gasteiger partial charge < -0.3 is 15.1 Å². The maximum absolute atomic E-state index is 13.3. The van der Waals surface area contributed by atoms with Crippen molar-refractivity contribution in [2.24, 2.45) is 0 Å². The van der Waals surface area contributed by atoms with E-state index in [2.05, 4.69) is 0 Å². The Morgan fingerprint density at radius 2 is 1.54 bits per heavy atom. The molecule has 8 heteroatoms. The van der Waals surface area contributed by atoms with Crippen LogP contribution in [0.4, 0.5) is 13.2 Å². The van der Waals surface area contributed by atoms with Gasteiger partial charge in [-0.25, -0.2) is 0 Å². The van der Waals surface area contributed by atoms with Crippen LogP contribution in [0.2, 0.25) is 0 Å². The van der Waals surface area contributed by atoms with E-state index >= 15 is 0 Å². The van der Waals surface area contributed by atoms with Crippen molar-refractivity contribution in [3.63, 3.8) is 0 Å². The molecule has 5 rings (SSSR count). The molecule has 0 bridgehead atoms. The molecule has 1 unspecified atom stereocenters. The average Bonchev–Trinajstić information content (AvgIpc) is 3.13. The highest BCUT2D eigenvalue weighted by Gasteiger charge is 2.46. The number of aliphatic hydroxyl groups excluding tert-OH is 1. The number of amides is 1. The molecule has 1 atom stereocenters. The molecule has 1 amide bonds. The number of benzene rings is 4. The number of hydrogen-bond acceptors (Lipinski definition) is 4. The molecule has 37 heavy (non-hydrogen) atoms. The molecule has 1 saturated heterocycles. The van der Waals surface area contributed by atoms with Crippen molar-refractivity contribution < 1.29 is 33.0 Å². The third-order valence-electron chi connectivity index (χ3n) is 6.38. The lowest BCUT2D eigenvalue weighted by Crippen LogP contribution is -2.29. The van der Waals surface area contributed by atoms with Gasteiger partial charge in [-0.3, -0.25) is 9.59 Å². The second-order valence-corrected chi connectivity index (χ2v) is 8.78. The van der Waals surface area contributed by atoms with E-state index in [4.69, 9.17) is 0 Å². The van der Waals surface area contributed by atoms with Gasteiger partial charge in [-0.2, -0.15) is 13.2 Å². The molecular weight excluding hydrogens is 483 g/mol. The predicted octanol–water partition coefficient (Wildman–Crippen LogP) is 6.19. The van der Waals surface area contributed by atoms with Gasteiger partial charge in [0.2, 0.25) is 0 Å². The number of fused-ring (bicyclic) bond motifs is 1. The number of nitrogens with zero attached hydrogens (tertiary/aromatic N) is 1. The first-order chi connectivity index (χ1) is 17.6. The summed E-state index contributed by atoms with van der Waals surface area (Å²) in [6.07, 6.45) is -4.57. The Balaban J connectivity index is 1.63. The van der Waals surface area contributed by atoms with Crippen LogP contribution in [0.25, 0.3) is 16.5 Å². The number of ketones is 1. The minimum absolute atomic E-state index is 0.0480. The van der Waals surface area contributed by atoms with Gasteiger partial charge >= 0.3 is 6.18 Å². The van der Waals surface area contributed by atoms with Gasteiger partial charge in [0, 0.05) is 12.1 Å².